The lowest BCUT2D eigenvalue weighted by atomic mass is 10.1. The summed E-state index contributed by atoms with van der Waals surface area (Å²) in [6.07, 6.45) is -0.160. The molecule has 2 aliphatic heterocycles. The number of benzene rings is 1. The lowest BCUT2D eigenvalue weighted by Gasteiger charge is -2.27. The summed E-state index contributed by atoms with van der Waals surface area (Å²) in [6.45, 7) is 2.93. The van der Waals surface area contributed by atoms with E-state index in [1.54, 1.807) is 4.90 Å². The fraction of sp³-hybridized carbons (Fsp3) is 0.333. The van der Waals surface area contributed by atoms with Crippen molar-refractivity contribution in [3.05, 3.63) is 45.2 Å². The van der Waals surface area contributed by atoms with Crippen LogP contribution in [-0.4, -0.2) is 53.7 Å². The number of fused-ring (bicyclic) bond motifs is 2. The summed E-state index contributed by atoms with van der Waals surface area (Å²) in [4.78, 5) is 32.1. The van der Waals surface area contributed by atoms with Gasteiger partial charge in [-0.05, 0) is 24.3 Å². The SMILES string of the molecule is O=C(c1cc2c([nH]1)NCNC2Nc1ccc2[nH]c(=O)sc2c1)N1CCOCC1. The number of aromatic nitrogens is 2. The highest BCUT2D eigenvalue weighted by atomic mass is 32.1. The highest BCUT2D eigenvalue weighted by Crippen LogP contribution is 2.30. The number of morpholine rings is 1. The van der Waals surface area contributed by atoms with Crippen molar-refractivity contribution in [1.29, 1.82) is 0 Å². The van der Waals surface area contributed by atoms with Gasteiger partial charge in [-0.2, -0.15) is 0 Å². The van der Waals surface area contributed by atoms with Crippen LogP contribution in [0.2, 0.25) is 0 Å². The summed E-state index contributed by atoms with van der Waals surface area (Å²) in [5.41, 5.74) is 3.24. The smallest absolute Gasteiger partial charge is 0.305 e. The van der Waals surface area contributed by atoms with Crippen LogP contribution in [0.1, 0.15) is 22.2 Å². The fourth-order valence-electron chi connectivity index (χ4n) is 3.58. The van der Waals surface area contributed by atoms with Crippen LogP contribution >= 0.6 is 11.3 Å². The fourth-order valence-corrected chi connectivity index (χ4v) is 4.35. The monoisotopic (exact) mass is 400 g/mol. The second-order valence-corrected chi connectivity index (χ2v) is 7.79. The Morgan fingerprint density at radius 2 is 2.07 bits per heavy atom. The number of carbonyl (C=O) groups is 1. The number of hydrogen-bond acceptors (Lipinski definition) is 7. The molecule has 2 aromatic heterocycles. The minimum Gasteiger partial charge on any atom is -0.378 e. The molecule has 0 radical (unpaired) electrons. The molecule has 1 unspecified atom stereocenters. The van der Waals surface area contributed by atoms with Crippen molar-refractivity contribution in [2.45, 2.75) is 6.17 Å². The Bertz CT molecular complexity index is 1080. The molecule has 2 aliphatic rings. The quantitative estimate of drug-likeness (QED) is 0.455. The van der Waals surface area contributed by atoms with Crippen molar-refractivity contribution < 1.29 is 9.53 Å². The molecule has 0 bridgehead atoms. The zero-order valence-electron chi connectivity index (χ0n) is 15.0. The Kier molecular flexibility index (Phi) is 4.30. The van der Waals surface area contributed by atoms with E-state index >= 15 is 0 Å². The van der Waals surface area contributed by atoms with E-state index in [-0.39, 0.29) is 16.9 Å². The molecule has 0 saturated carbocycles. The third kappa shape index (κ3) is 3.15. The van der Waals surface area contributed by atoms with E-state index < -0.39 is 0 Å². The minimum absolute atomic E-state index is 0.0169. The van der Waals surface area contributed by atoms with Crippen molar-refractivity contribution >= 4 is 39.0 Å². The van der Waals surface area contributed by atoms with Gasteiger partial charge in [-0.1, -0.05) is 11.3 Å². The van der Waals surface area contributed by atoms with E-state index in [1.807, 2.05) is 24.3 Å². The predicted octanol–water partition coefficient (Wildman–Crippen LogP) is 1.47. The van der Waals surface area contributed by atoms with Crippen LogP contribution in [0.25, 0.3) is 10.2 Å². The number of carbonyl (C=O) groups excluding carboxylic acids is 1. The number of hydrogen-bond donors (Lipinski definition) is 5. The van der Waals surface area contributed by atoms with E-state index in [4.69, 9.17) is 4.74 Å². The van der Waals surface area contributed by atoms with Gasteiger partial charge in [-0.25, -0.2) is 0 Å². The second-order valence-electron chi connectivity index (χ2n) is 6.78. The molecule has 1 amide bonds. The van der Waals surface area contributed by atoms with Crippen molar-refractivity contribution in [3.8, 4) is 0 Å². The molecule has 28 heavy (non-hydrogen) atoms. The van der Waals surface area contributed by atoms with Gasteiger partial charge in [0.05, 0.1) is 30.1 Å². The van der Waals surface area contributed by atoms with Crippen LogP contribution in [-0.2, 0) is 4.74 Å². The molecular formula is C18H20N6O3S. The molecule has 1 atom stereocenters. The van der Waals surface area contributed by atoms with Crippen molar-refractivity contribution in [2.75, 3.05) is 43.6 Å². The topological polar surface area (TPSA) is 114 Å². The van der Waals surface area contributed by atoms with E-state index in [0.717, 1.165) is 27.3 Å². The van der Waals surface area contributed by atoms with Crippen LogP contribution in [0.4, 0.5) is 11.5 Å². The Morgan fingerprint density at radius 3 is 2.93 bits per heavy atom. The minimum atomic E-state index is -0.160. The molecule has 1 aromatic carbocycles. The second kappa shape index (κ2) is 6.97. The summed E-state index contributed by atoms with van der Waals surface area (Å²) in [7, 11) is 0. The van der Waals surface area contributed by atoms with Crippen molar-refractivity contribution in [1.82, 2.24) is 20.2 Å². The largest absolute Gasteiger partial charge is 0.378 e. The highest BCUT2D eigenvalue weighted by Gasteiger charge is 2.26. The van der Waals surface area contributed by atoms with Crippen molar-refractivity contribution in [2.24, 2.45) is 0 Å². The standard InChI is InChI=1S/C18H20N6O3S/c25-17(24-3-5-27-6-4-24)13-8-11-15(19-9-20-16(11)22-13)21-10-1-2-12-14(7-10)28-18(26)23-12/h1-2,7-8,15,19-22H,3-6,9H2,(H,23,26). The Morgan fingerprint density at radius 1 is 1.21 bits per heavy atom. The maximum Gasteiger partial charge on any atom is 0.305 e. The zero-order chi connectivity index (χ0) is 19.1. The van der Waals surface area contributed by atoms with Gasteiger partial charge in [-0.15, -0.1) is 0 Å². The number of H-pyrrole nitrogens is 2. The van der Waals surface area contributed by atoms with Gasteiger partial charge in [0.15, 0.2) is 0 Å². The molecule has 146 valence electrons. The Hall–Kier alpha value is -2.82. The zero-order valence-corrected chi connectivity index (χ0v) is 15.8. The summed E-state index contributed by atoms with van der Waals surface area (Å²) in [6, 6.07) is 7.66. The average Bonchev–Trinajstić information content (AvgIpc) is 3.31. The number of aromatic amines is 2. The third-order valence-electron chi connectivity index (χ3n) is 4.99. The van der Waals surface area contributed by atoms with Gasteiger partial charge in [0.25, 0.3) is 5.91 Å². The maximum absolute atomic E-state index is 12.8. The van der Waals surface area contributed by atoms with Gasteiger partial charge in [0.2, 0.25) is 0 Å². The third-order valence-corrected chi connectivity index (χ3v) is 5.84. The van der Waals surface area contributed by atoms with Crippen LogP contribution < -0.4 is 20.8 Å². The normalized spacial score (nSPS) is 19.3. The number of rotatable bonds is 3. The van der Waals surface area contributed by atoms with E-state index in [9.17, 15) is 9.59 Å². The molecule has 3 aromatic rings. The first kappa shape index (κ1) is 17.3. The van der Waals surface area contributed by atoms with Gasteiger partial charge in [0, 0.05) is 24.3 Å². The first-order valence-electron chi connectivity index (χ1n) is 9.14. The average molecular weight is 400 g/mol. The lowest BCUT2D eigenvalue weighted by Crippen LogP contribution is -2.40. The summed E-state index contributed by atoms with van der Waals surface area (Å²) in [5, 5.41) is 10.0. The van der Waals surface area contributed by atoms with E-state index in [2.05, 4.69) is 25.9 Å². The van der Waals surface area contributed by atoms with Gasteiger partial charge >= 0.3 is 4.87 Å². The summed E-state index contributed by atoms with van der Waals surface area (Å²) >= 11 is 1.19. The maximum atomic E-state index is 12.8. The number of ether oxygens (including phenoxy) is 1. The number of amides is 1. The van der Waals surface area contributed by atoms with Gasteiger partial charge < -0.3 is 30.2 Å². The highest BCUT2D eigenvalue weighted by molar-refractivity contribution is 7.16. The molecule has 9 nitrogen and oxygen atoms in total. The number of thiazole rings is 1. The summed E-state index contributed by atoms with van der Waals surface area (Å²) < 4.78 is 6.23. The van der Waals surface area contributed by atoms with Crippen LogP contribution in [0.15, 0.2) is 29.1 Å². The molecule has 10 heteroatoms. The molecule has 1 saturated heterocycles. The number of nitrogens with zero attached hydrogens (tertiary/aromatic N) is 1. The predicted molar refractivity (Wildman–Crippen MR) is 108 cm³/mol. The van der Waals surface area contributed by atoms with Crippen LogP contribution in [0, 0.1) is 0 Å². The molecule has 1 fully saturated rings. The molecular weight excluding hydrogens is 380 g/mol. The van der Waals surface area contributed by atoms with Gasteiger partial charge in [-0.3, -0.25) is 14.9 Å². The Balaban J connectivity index is 1.39. The molecule has 5 N–H and O–H groups in total. The van der Waals surface area contributed by atoms with E-state index in [0.29, 0.717) is 38.7 Å². The molecule has 0 aliphatic carbocycles. The van der Waals surface area contributed by atoms with Gasteiger partial charge in [0.1, 0.15) is 17.7 Å². The Labute approximate surface area is 164 Å². The number of anilines is 2. The molecule has 0 spiro atoms. The molecule has 4 heterocycles. The van der Waals surface area contributed by atoms with Crippen LogP contribution in [0.5, 0.6) is 0 Å². The van der Waals surface area contributed by atoms with Crippen LogP contribution in [0.3, 0.4) is 0 Å². The van der Waals surface area contributed by atoms with E-state index in [1.165, 1.54) is 11.3 Å². The molecule has 5 rings (SSSR count). The first-order chi connectivity index (χ1) is 13.7. The van der Waals surface area contributed by atoms with Crippen molar-refractivity contribution in [3.63, 3.8) is 0 Å². The number of nitrogens with one attached hydrogen (secondary N) is 5. The first-order valence-corrected chi connectivity index (χ1v) is 9.95. The lowest BCUT2D eigenvalue weighted by molar-refractivity contribution is 0.0299. The summed E-state index contributed by atoms with van der Waals surface area (Å²) in [5.74, 6) is 0.817.